The van der Waals surface area contributed by atoms with E-state index in [1.807, 2.05) is 26.2 Å². The molecule has 0 spiro atoms. The molecule has 1 aromatic heterocycles. The molecule has 0 atom stereocenters. The van der Waals surface area contributed by atoms with Crippen molar-refractivity contribution in [3.63, 3.8) is 0 Å². The quantitative estimate of drug-likeness (QED) is 0.783. The maximum atomic E-state index is 12.3. The molecule has 1 aliphatic rings. The fourth-order valence-electron chi connectivity index (χ4n) is 1.94. The lowest BCUT2D eigenvalue weighted by Gasteiger charge is -2.18. The number of likely N-dealkylation sites (N-methyl/N-ethyl adjacent to an activating group) is 1. The van der Waals surface area contributed by atoms with Gasteiger partial charge in [-0.3, -0.25) is 4.79 Å². The molecule has 1 fully saturated rings. The number of aromatic nitrogens is 1. The number of nitrogens with zero attached hydrogens (tertiary/aromatic N) is 2. The third-order valence-corrected chi connectivity index (χ3v) is 3.26. The second-order valence-electron chi connectivity index (χ2n) is 4.80. The van der Waals surface area contributed by atoms with Crippen LogP contribution in [0.25, 0.3) is 0 Å². The van der Waals surface area contributed by atoms with Gasteiger partial charge in [-0.1, -0.05) is 12.2 Å². The molecule has 17 heavy (non-hydrogen) atoms. The van der Waals surface area contributed by atoms with Gasteiger partial charge in [0.15, 0.2) is 0 Å². The summed E-state index contributed by atoms with van der Waals surface area (Å²) in [5, 5.41) is 0. The van der Waals surface area contributed by atoms with Crippen molar-refractivity contribution in [2.75, 3.05) is 13.6 Å². The Morgan fingerprint density at radius 3 is 2.82 bits per heavy atom. The zero-order valence-corrected chi connectivity index (χ0v) is 11.8. The molecular weight excluding hydrogens is 280 g/mol. The largest absolute Gasteiger partial charge is 0.339 e. The van der Waals surface area contributed by atoms with Gasteiger partial charge in [0.1, 0.15) is 5.69 Å². The highest BCUT2D eigenvalue weighted by Crippen LogP contribution is 2.37. The van der Waals surface area contributed by atoms with Crippen molar-refractivity contribution in [1.29, 1.82) is 0 Å². The predicted molar refractivity (Wildman–Crippen MR) is 72.2 cm³/mol. The van der Waals surface area contributed by atoms with E-state index in [0.717, 1.165) is 15.7 Å². The molecule has 1 heterocycles. The smallest absolute Gasteiger partial charge is 0.270 e. The molecule has 0 aliphatic heterocycles. The van der Waals surface area contributed by atoms with E-state index in [0.29, 0.717) is 12.6 Å². The fourth-order valence-corrected chi connectivity index (χ4v) is 2.38. The minimum absolute atomic E-state index is 0.0607. The Balaban J connectivity index is 2.20. The molecule has 92 valence electrons. The summed E-state index contributed by atoms with van der Waals surface area (Å²) in [6.45, 7) is 6.37. The van der Waals surface area contributed by atoms with Crippen LogP contribution in [0.1, 0.15) is 36.3 Å². The summed E-state index contributed by atoms with van der Waals surface area (Å²) < 4.78 is 3.05. The number of hydrogen-bond acceptors (Lipinski definition) is 1. The Kier molecular flexibility index (Phi) is 3.43. The number of carbonyl (C=O) groups is 1. The second kappa shape index (κ2) is 4.69. The zero-order chi connectivity index (χ0) is 12.6. The number of halogens is 1. The van der Waals surface area contributed by atoms with Gasteiger partial charge in [-0.2, -0.15) is 0 Å². The van der Waals surface area contributed by atoms with Crippen LogP contribution in [0.3, 0.4) is 0 Å². The van der Waals surface area contributed by atoms with Crippen LogP contribution < -0.4 is 0 Å². The molecule has 1 aliphatic carbocycles. The number of carbonyl (C=O) groups excluding carboxylic acids is 1. The Hall–Kier alpha value is -1.03. The topological polar surface area (TPSA) is 25.2 Å². The Bertz CT molecular complexity index is 460. The lowest BCUT2D eigenvalue weighted by molar-refractivity contribution is 0.0796. The van der Waals surface area contributed by atoms with Gasteiger partial charge in [-0.25, -0.2) is 0 Å². The van der Waals surface area contributed by atoms with E-state index in [9.17, 15) is 4.79 Å². The maximum absolute atomic E-state index is 12.3. The average molecular weight is 297 g/mol. The van der Waals surface area contributed by atoms with Crippen molar-refractivity contribution in [3.05, 3.63) is 34.6 Å². The Labute approximate surface area is 110 Å². The van der Waals surface area contributed by atoms with Crippen molar-refractivity contribution in [2.24, 2.45) is 0 Å². The van der Waals surface area contributed by atoms with Crippen molar-refractivity contribution in [3.8, 4) is 0 Å². The summed E-state index contributed by atoms with van der Waals surface area (Å²) in [5.74, 6) is 0.0607. The molecule has 1 saturated carbocycles. The van der Waals surface area contributed by atoms with Crippen LogP contribution in [0.4, 0.5) is 0 Å². The van der Waals surface area contributed by atoms with Gasteiger partial charge >= 0.3 is 0 Å². The van der Waals surface area contributed by atoms with Crippen molar-refractivity contribution in [1.82, 2.24) is 9.47 Å². The highest BCUT2D eigenvalue weighted by atomic mass is 79.9. The molecule has 0 saturated heterocycles. The Morgan fingerprint density at radius 1 is 1.65 bits per heavy atom. The standard InChI is InChI=1S/C13H17BrN2O/c1-9(2)7-15(3)13(17)12-6-10(14)8-16(12)11-4-5-11/h6,8,11H,1,4-5,7H2,2-3H3. The van der Waals surface area contributed by atoms with Crippen molar-refractivity contribution in [2.45, 2.75) is 25.8 Å². The summed E-state index contributed by atoms with van der Waals surface area (Å²) >= 11 is 3.44. The van der Waals surface area contributed by atoms with Crippen LogP contribution in [-0.2, 0) is 0 Å². The summed E-state index contributed by atoms with van der Waals surface area (Å²) in [5.41, 5.74) is 1.76. The summed E-state index contributed by atoms with van der Waals surface area (Å²) in [6.07, 6.45) is 4.34. The average Bonchev–Trinajstić information content (AvgIpc) is 3.00. The molecule has 3 nitrogen and oxygen atoms in total. The molecule has 0 radical (unpaired) electrons. The van der Waals surface area contributed by atoms with Crippen molar-refractivity contribution >= 4 is 21.8 Å². The minimum Gasteiger partial charge on any atom is -0.339 e. The number of rotatable bonds is 4. The zero-order valence-electron chi connectivity index (χ0n) is 10.2. The van der Waals surface area contributed by atoms with Crippen molar-refractivity contribution < 1.29 is 4.79 Å². The number of amides is 1. The highest BCUT2D eigenvalue weighted by Gasteiger charge is 2.28. The van der Waals surface area contributed by atoms with Gasteiger partial charge in [0.05, 0.1) is 0 Å². The molecule has 4 heteroatoms. The van der Waals surface area contributed by atoms with Crippen LogP contribution in [0.15, 0.2) is 28.9 Å². The van der Waals surface area contributed by atoms with E-state index >= 15 is 0 Å². The summed E-state index contributed by atoms with van der Waals surface area (Å²) in [4.78, 5) is 14.0. The minimum atomic E-state index is 0.0607. The third kappa shape index (κ3) is 2.80. The van der Waals surface area contributed by atoms with Gasteiger partial charge in [-0.15, -0.1) is 0 Å². The van der Waals surface area contributed by atoms with Gasteiger partial charge in [0.25, 0.3) is 5.91 Å². The first-order chi connectivity index (χ1) is 7.99. The second-order valence-corrected chi connectivity index (χ2v) is 5.72. The lowest BCUT2D eigenvalue weighted by atomic mass is 10.3. The third-order valence-electron chi connectivity index (χ3n) is 2.83. The summed E-state index contributed by atoms with van der Waals surface area (Å²) in [6, 6.07) is 2.41. The number of hydrogen-bond donors (Lipinski definition) is 0. The van der Waals surface area contributed by atoms with E-state index in [2.05, 4.69) is 27.1 Å². The van der Waals surface area contributed by atoms with Gasteiger partial charge < -0.3 is 9.47 Å². The molecule has 0 N–H and O–H groups in total. The van der Waals surface area contributed by atoms with Crippen LogP contribution in [0.2, 0.25) is 0 Å². The first-order valence-corrected chi connectivity index (χ1v) is 6.55. The normalized spacial score (nSPS) is 14.8. The molecule has 0 aromatic carbocycles. The summed E-state index contributed by atoms with van der Waals surface area (Å²) in [7, 11) is 1.81. The predicted octanol–water partition coefficient (Wildman–Crippen LogP) is 3.23. The van der Waals surface area contributed by atoms with Crippen LogP contribution in [0, 0.1) is 0 Å². The van der Waals surface area contributed by atoms with Crippen LogP contribution in [0.5, 0.6) is 0 Å². The molecule has 1 aromatic rings. The van der Waals surface area contributed by atoms with E-state index in [4.69, 9.17) is 0 Å². The van der Waals surface area contributed by atoms with Gasteiger partial charge in [0.2, 0.25) is 0 Å². The first kappa shape index (κ1) is 12.4. The van der Waals surface area contributed by atoms with Gasteiger partial charge in [-0.05, 0) is 41.8 Å². The molecule has 0 bridgehead atoms. The molecule has 2 rings (SSSR count). The van der Waals surface area contributed by atoms with E-state index < -0.39 is 0 Å². The monoisotopic (exact) mass is 296 g/mol. The SMILES string of the molecule is C=C(C)CN(C)C(=O)c1cc(Br)cn1C1CC1. The van der Waals surface area contributed by atoms with E-state index in [-0.39, 0.29) is 5.91 Å². The molecule has 1 amide bonds. The lowest BCUT2D eigenvalue weighted by Crippen LogP contribution is -2.29. The Morgan fingerprint density at radius 2 is 2.29 bits per heavy atom. The maximum Gasteiger partial charge on any atom is 0.270 e. The first-order valence-electron chi connectivity index (χ1n) is 5.76. The van der Waals surface area contributed by atoms with E-state index in [1.165, 1.54) is 12.8 Å². The van der Waals surface area contributed by atoms with Gasteiger partial charge in [0, 0.05) is 30.3 Å². The molecular formula is C13H17BrN2O. The fraction of sp³-hybridized carbons (Fsp3) is 0.462. The van der Waals surface area contributed by atoms with Crippen LogP contribution >= 0.6 is 15.9 Å². The van der Waals surface area contributed by atoms with Crippen LogP contribution in [-0.4, -0.2) is 29.0 Å². The molecule has 0 unspecified atom stereocenters. The van der Waals surface area contributed by atoms with E-state index in [1.54, 1.807) is 4.90 Å². The highest BCUT2D eigenvalue weighted by molar-refractivity contribution is 9.10.